The van der Waals surface area contributed by atoms with Crippen molar-refractivity contribution in [3.8, 4) is 67.5 Å². The highest BCUT2D eigenvalue weighted by molar-refractivity contribution is 5.86. The van der Waals surface area contributed by atoms with E-state index in [1.165, 1.54) is 49.7 Å². The van der Waals surface area contributed by atoms with Gasteiger partial charge in [0.15, 0.2) is 23.2 Å². The molecule has 0 spiro atoms. The molecule has 0 N–H and O–H groups in total. The van der Waals surface area contributed by atoms with Gasteiger partial charge in [-0.1, -0.05) is 115 Å². The molecule has 5 nitrogen and oxygen atoms in total. The standard InChI is InChI=1S/C49H39N5/c1-50-43-20-15-39(16-21-43)47-52-46(53-48(54-47)44-22-17-40(41-8-5-23-51-31-41)27-45(44)37-6-3-2-4-7-37)38-11-9-35(10-12-38)36-13-18-42(19-14-36)49-28-32-24-33(29-49)26-34(25-32)30-49/h2-23,27,31-34H,24-26,28-30H2. The van der Waals surface area contributed by atoms with Crippen LogP contribution >= 0.6 is 0 Å². The number of hydrogen-bond acceptors (Lipinski definition) is 4. The van der Waals surface area contributed by atoms with E-state index < -0.39 is 0 Å². The van der Waals surface area contributed by atoms with Crippen molar-refractivity contribution in [3.63, 3.8) is 0 Å². The molecule has 0 saturated heterocycles. The fraction of sp³-hybridized carbons (Fsp3) is 0.204. The Labute approximate surface area is 316 Å². The van der Waals surface area contributed by atoms with Crippen molar-refractivity contribution in [2.24, 2.45) is 17.8 Å². The van der Waals surface area contributed by atoms with E-state index in [4.69, 9.17) is 21.5 Å². The van der Waals surface area contributed by atoms with Gasteiger partial charge in [0.05, 0.1) is 6.57 Å². The largest absolute Gasteiger partial charge is 0.264 e. The predicted octanol–water partition coefficient (Wildman–Crippen LogP) is 12.3. The number of rotatable bonds is 7. The zero-order valence-electron chi connectivity index (χ0n) is 30.1. The van der Waals surface area contributed by atoms with Gasteiger partial charge in [0.25, 0.3) is 0 Å². The van der Waals surface area contributed by atoms with Crippen molar-refractivity contribution in [2.75, 3.05) is 0 Å². The van der Waals surface area contributed by atoms with Crippen LogP contribution in [0.5, 0.6) is 0 Å². The van der Waals surface area contributed by atoms with E-state index in [0.29, 0.717) is 28.6 Å². The highest BCUT2D eigenvalue weighted by Gasteiger charge is 2.51. The van der Waals surface area contributed by atoms with Gasteiger partial charge in [-0.2, -0.15) is 0 Å². The van der Waals surface area contributed by atoms with E-state index in [1.807, 2.05) is 42.6 Å². The Bertz CT molecular complexity index is 2470. The third kappa shape index (κ3) is 5.98. The highest BCUT2D eigenvalue weighted by atomic mass is 15.0. The second-order valence-corrected chi connectivity index (χ2v) is 15.7. The number of nitrogens with zero attached hydrogens (tertiary/aromatic N) is 5. The summed E-state index contributed by atoms with van der Waals surface area (Å²) < 4.78 is 0. The van der Waals surface area contributed by atoms with Crippen LogP contribution < -0.4 is 0 Å². The van der Waals surface area contributed by atoms with Crippen LogP contribution in [0.15, 0.2) is 146 Å². The van der Waals surface area contributed by atoms with Crippen LogP contribution in [0.25, 0.3) is 72.4 Å². The van der Waals surface area contributed by atoms with Crippen molar-refractivity contribution in [1.82, 2.24) is 19.9 Å². The average Bonchev–Trinajstić information content (AvgIpc) is 3.23. The Hall–Kier alpha value is -6.25. The molecular weight excluding hydrogens is 659 g/mol. The molecule has 0 amide bonds. The molecule has 2 heterocycles. The second-order valence-electron chi connectivity index (χ2n) is 15.7. The summed E-state index contributed by atoms with van der Waals surface area (Å²) in [7, 11) is 0. The summed E-state index contributed by atoms with van der Waals surface area (Å²) in [5, 5.41) is 0. The molecule has 4 bridgehead atoms. The SMILES string of the molecule is [C-]#[N+]c1ccc(-c2nc(-c3ccc(-c4ccc(C56CC7CC(CC(C7)C5)C6)cc4)cc3)nc(-c3ccc(-c4cccnc4)cc3-c3ccccc3)n2)cc1. The first-order valence-corrected chi connectivity index (χ1v) is 19.1. The summed E-state index contributed by atoms with van der Waals surface area (Å²) in [5.74, 6) is 4.57. The molecule has 5 heteroatoms. The number of aromatic nitrogens is 4. The first kappa shape index (κ1) is 32.4. The molecule has 7 aromatic rings. The maximum Gasteiger partial charge on any atom is 0.187 e. The minimum atomic E-state index is 0.404. The van der Waals surface area contributed by atoms with E-state index in [0.717, 1.165) is 56.7 Å². The van der Waals surface area contributed by atoms with Crippen LogP contribution in [-0.4, -0.2) is 19.9 Å². The van der Waals surface area contributed by atoms with Gasteiger partial charge >= 0.3 is 0 Å². The van der Waals surface area contributed by atoms with Gasteiger partial charge < -0.3 is 0 Å². The Morgan fingerprint density at radius 3 is 1.61 bits per heavy atom. The molecular formula is C49H39N5. The van der Waals surface area contributed by atoms with Crippen LogP contribution in [-0.2, 0) is 5.41 Å². The van der Waals surface area contributed by atoms with Crippen molar-refractivity contribution in [3.05, 3.63) is 163 Å². The molecule has 0 unspecified atom stereocenters. The second kappa shape index (κ2) is 13.3. The van der Waals surface area contributed by atoms with E-state index in [1.54, 1.807) is 11.8 Å². The normalized spacial score (nSPS) is 21.1. The van der Waals surface area contributed by atoms with E-state index in [2.05, 4.69) is 107 Å². The lowest BCUT2D eigenvalue weighted by atomic mass is 9.48. The minimum absolute atomic E-state index is 0.404. The summed E-state index contributed by atoms with van der Waals surface area (Å²) in [6.07, 6.45) is 12.2. The summed E-state index contributed by atoms with van der Waals surface area (Å²) in [5.41, 5.74) is 11.8. The Kier molecular flexibility index (Phi) is 7.99. The molecule has 4 aliphatic carbocycles. The molecule has 2 aromatic heterocycles. The van der Waals surface area contributed by atoms with Crippen LogP contribution in [0.2, 0.25) is 0 Å². The monoisotopic (exact) mass is 697 g/mol. The van der Waals surface area contributed by atoms with Gasteiger partial charge in [-0.05, 0) is 113 Å². The van der Waals surface area contributed by atoms with Crippen LogP contribution in [0.3, 0.4) is 0 Å². The predicted molar refractivity (Wildman–Crippen MR) is 216 cm³/mol. The molecule has 4 saturated carbocycles. The topological polar surface area (TPSA) is 55.9 Å². The first-order valence-electron chi connectivity index (χ1n) is 19.1. The van der Waals surface area contributed by atoms with Crippen LogP contribution in [0, 0.1) is 24.3 Å². The van der Waals surface area contributed by atoms with E-state index in [9.17, 15) is 0 Å². The van der Waals surface area contributed by atoms with Crippen molar-refractivity contribution < 1.29 is 0 Å². The Morgan fingerprint density at radius 1 is 0.481 bits per heavy atom. The molecule has 0 radical (unpaired) electrons. The van der Waals surface area contributed by atoms with Crippen LogP contribution in [0.1, 0.15) is 44.1 Å². The smallest absolute Gasteiger partial charge is 0.187 e. The summed E-state index contributed by atoms with van der Waals surface area (Å²) in [4.78, 5) is 23.2. The summed E-state index contributed by atoms with van der Waals surface area (Å²) >= 11 is 0. The minimum Gasteiger partial charge on any atom is -0.264 e. The molecule has 260 valence electrons. The maximum absolute atomic E-state index is 7.45. The van der Waals surface area contributed by atoms with Crippen molar-refractivity contribution in [1.29, 1.82) is 0 Å². The number of pyridine rings is 1. The zero-order chi connectivity index (χ0) is 36.1. The Balaban J connectivity index is 1.03. The molecule has 0 aliphatic heterocycles. The first-order chi connectivity index (χ1) is 26.6. The van der Waals surface area contributed by atoms with Gasteiger partial charge in [0, 0.05) is 34.6 Å². The van der Waals surface area contributed by atoms with Crippen molar-refractivity contribution >= 4 is 5.69 Å². The van der Waals surface area contributed by atoms with Gasteiger partial charge in [0.1, 0.15) is 0 Å². The van der Waals surface area contributed by atoms with Crippen LogP contribution in [0.4, 0.5) is 5.69 Å². The Morgan fingerprint density at radius 2 is 1.02 bits per heavy atom. The maximum atomic E-state index is 7.45. The molecule has 0 atom stereocenters. The van der Waals surface area contributed by atoms with E-state index >= 15 is 0 Å². The van der Waals surface area contributed by atoms with Gasteiger partial charge in [-0.3, -0.25) is 4.98 Å². The fourth-order valence-corrected chi connectivity index (χ4v) is 10.0. The molecule has 4 aliphatic rings. The highest BCUT2D eigenvalue weighted by Crippen LogP contribution is 2.60. The third-order valence-electron chi connectivity index (χ3n) is 12.2. The summed E-state index contributed by atoms with van der Waals surface area (Å²) in [6.45, 7) is 7.45. The molecule has 11 rings (SSSR count). The lowest BCUT2D eigenvalue weighted by Crippen LogP contribution is -2.48. The van der Waals surface area contributed by atoms with Gasteiger partial charge in [-0.15, -0.1) is 0 Å². The number of hydrogen-bond donors (Lipinski definition) is 0. The lowest BCUT2D eigenvalue weighted by molar-refractivity contribution is -0.00518. The van der Waals surface area contributed by atoms with Gasteiger partial charge in [-0.25, -0.2) is 19.8 Å². The van der Waals surface area contributed by atoms with Crippen molar-refractivity contribution in [2.45, 2.75) is 43.9 Å². The van der Waals surface area contributed by atoms with Gasteiger partial charge in [0.2, 0.25) is 0 Å². The average molecular weight is 698 g/mol. The lowest BCUT2D eigenvalue weighted by Gasteiger charge is -2.57. The quantitative estimate of drug-likeness (QED) is 0.156. The molecule has 4 fully saturated rings. The molecule has 54 heavy (non-hydrogen) atoms. The zero-order valence-corrected chi connectivity index (χ0v) is 30.1. The summed E-state index contributed by atoms with van der Waals surface area (Å²) in [6, 6.07) is 46.4. The third-order valence-corrected chi connectivity index (χ3v) is 12.2. The fourth-order valence-electron chi connectivity index (χ4n) is 10.0. The van der Waals surface area contributed by atoms with E-state index in [-0.39, 0.29) is 0 Å². The number of benzene rings is 5. The molecule has 5 aromatic carbocycles.